The Hall–Kier alpha value is -2.38. The molecule has 166 valence electrons. The molecule has 7 nitrogen and oxygen atoms in total. The first-order chi connectivity index (χ1) is 15.1. The van der Waals surface area contributed by atoms with E-state index in [2.05, 4.69) is 26.9 Å². The number of nitrogens with zero attached hydrogens (tertiary/aromatic N) is 5. The van der Waals surface area contributed by atoms with Crippen LogP contribution in [0, 0.1) is 0 Å². The van der Waals surface area contributed by atoms with Crippen molar-refractivity contribution >= 4 is 11.7 Å². The SMILES string of the molecule is Cn1cccc1C(=O)N1CCC2(CC1)CC(N1CCN(c3ccccn3)CC1)CCO2. The van der Waals surface area contributed by atoms with Gasteiger partial charge in [0.05, 0.1) is 5.60 Å². The summed E-state index contributed by atoms with van der Waals surface area (Å²) in [4.78, 5) is 24.4. The fraction of sp³-hybridized carbons (Fsp3) is 0.583. The van der Waals surface area contributed by atoms with E-state index >= 15 is 0 Å². The summed E-state index contributed by atoms with van der Waals surface area (Å²) in [6.07, 6.45) is 7.88. The van der Waals surface area contributed by atoms with Crippen molar-refractivity contribution < 1.29 is 9.53 Å². The van der Waals surface area contributed by atoms with Crippen molar-refractivity contribution in [1.29, 1.82) is 0 Å². The Morgan fingerprint density at radius 2 is 1.87 bits per heavy atom. The molecule has 0 aliphatic carbocycles. The van der Waals surface area contributed by atoms with Crippen LogP contribution in [0.1, 0.15) is 36.2 Å². The highest BCUT2D eigenvalue weighted by Gasteiger charge is 2.43. The smallest absolute Gasteiger partial charge is 0.270 e. The summed E-state index contributed by atoms with van der Waals surface area (Å²) in [5.74, 6) is 1.22. The van der Waals surface area contributed by atoms with Crippen molar-refractivity contribution in [2.75, 3.05) is 50.8 Å². The fourth-order valence-corrected chi connectivity index (χ4v) is 5.48. The van der Waals surface area contributed by atoms with Crippen LogP contribution >= 0.6 is 0 Å². The first-order valence-corrected chi connectivity index (χ1v) is 11.6. The number of rotatable bonds is 3. The highest BCUT2D eigenvalue weighted by molar-refractivity contribution is 5.92. The van der Waals surface area contributed by atoms with E-state index in [1.54, 1.807) is 0 Å². The van der Waals surface area contributed by atoms with Gasteiger partial charge in [-0.1, -0.05) is 6.07 Å². The molecule has 3 aliphatic heterocycles. The molecule has 0 aromatic carbocycles. The van der Waals surface area contributed by atoms with Crippen LogP contribution in [0.4, 0.5) is 5.82 Å². The first-order valence-electron chi connectivity index (χ1n) is 11.6. The topological polar surface area (TPSA) is 53.8 Å². The number of ether oxygens (including phenoxy) is 1. The lowest BCUT2D eigenvalue weighted by Crippen LogP contribution is -2.57. The molecule has 31 heavy (non-hydrogen) atoms. The summed E-state index contributed by atoms with van der Waals surface area (Å²) < 4.78 is 8.28. The Bertz CT molecular complexity index is 882. The lowest BCUT2D eigenvalue weighted by molar-refractivity contribution is -0.130. The third-order valence-corrected chi connectivity index (χ3v) is 7.40. The van der Waals surface area contributed by atoms with E-state index in [9.17, 15) is 4.79 Å². The quantitative estimate of drug-likeness (QED) is 0.759. The van der Waals surface area contributed by atoms with Gasteiger partial charge in [0.1, 0.15) is 11.5 Å². The molecule has 0 bridgehead atoms. The Labute approximate surface area is 184 Å². The van der Waals surface area contributed by atoms with E-state index < -0.39 is 0 Å². The van der Waals surface area contributed by atoms with Gasteiger partial charge in [-0.3, -0.25) is 9.69 Å². The number of aryl methyl sites for hydroxylation is 1. The Morgan fingerprint density at radius 3 is 2.55 bits per heavy atom. The normalized spacial score (nSPS) is 24.5. The highest BCUT2D eigenvalue weighted by Crippen LogP contribution is 2.37. The van der Waals surface area contributed by atoms with Crippen LogP contribution in [0.25, 0.3) is 0 Å². The number of piperazine rings is 1. The van der Waals surface area contributed by atoms with Crippen LogP contribution in [0.5, 0.6) is 0 Å². The Balaban J connectivity index is 1.16. The van der Waals surface area contributed by atoms with Crippen molar-refractivity contribution in [2.24, 2.45) is 7.05 Å². The van der Waals surface area contributed by atoms with Crippen LogP contribution in [0.3, 0.4) is 0 Å². The summed E-state index contributed by atoms with van der Waals surface area (Å²) in [6.45, 7) is 6.61. The molecule has 5 rings (SSSR count). The number of anilines is 1. The van der Waals surface area contributed by atoms with E-state index in [1.165, 1.54) is 0 Å². The monoisotopic (exact) mass is 423 g/mol. The summed E-state index contributed by atoms with van der Waals surface area (Å²) in [5, 5.41) is 0. The maximum atomic E-state index is 12.9. The maximum Gasteiger partial charge on any atom is 0.270 e. The molecule has 0 saturated carbocycles. The predicted octanol–water partition coefficient (Wildman–Crippen LogP) is 2.40. The Morgan fingerprint density at radius 1 is 1.06 bits per heavy atom. The summed E-state index contributed by atoms with van der Waals surface area (Å²) in [7, 11) is 1.93. The molecule has 0 N–H and O–H groups in total. The minimum absolute atomic E-state index is 0.0635. The summed E-state index contributed by atoms with van der Waals surface area (Å²) in [6, 6.07) is 10.6. The molecule has 1 spiro atoms. The minimum Gasteiger partial charge on any atom is -0.375 e. The van der Waals surface area contributed by atoms with Crippen molar-refractivity contribution in [1.82, 2.24) is 19.4 Å². The molecule has 5 heterocycles. The van der Waals surface area contributed by atoms with E-state index in [-0.39, 0.29) is 11.5 Å². The third-order valence-electron chi connectivity index (χ3n) is 7.40. The molecule has 3 fully saturated rings. The van der Waals surface area contributed by atoms with Crippen molar-refractivity contribution in [3.63, 3.8) is 0 Å². The van der Waals surface area contributed by atoms with Crippen molar-refractivity contribution in [3.05, 3.63) is 48.4 Å². The number of carbonyl (C=O) groups excluding carboxylic acids is 1. The van der Waals surface area contributed by atoms with Crippen LogP contribution in [-0.4, -0.2) is 82.8 Å². The number of hydrogen-bond donors (Lipinski definition) is 0. The van der Waals surface area contributed by atoms with E-state index in [4.69, 9.17) is 4.74 Å². The van der Waals surface area contributed by atoms with Gasteiger partial charge in [-0.25, -0.2) is 4.98 Å². The molecule has 3 aliphatic rings. The van der Waals surface area contributed by atoms with E-state index in [0.29, 0.717) is 6.04 Å². The summed E-state index contributed by atoms with van der Waals surface area (Å²) in [5.41, 5.74) is 0.704. The van der Waals surface area contributed by atoms with Crippen molar-refractivity contribution in [3.8, 4) is 0 Å². The number of amides is 1. The number of aromatic nitrogens is 2. The third kappa shape index (κ3) is 4.21. The second-order valence-electron chi connectivity index (χ2n) is 9.19. The number of hydrogen-bond acceptors (Lipinski definition) is 5. The second kappa shape index (κ2) is 8.63. The van der Waals surface area contributed by atoms with Gasteiger partial charge in [-0.05, 0) is 49.9 Å². The van der Waals surface area contributed by atoms with Crippen LogP contribution in [-0.2, 0) is 11.8 Å². The summed E-state index contributed by atoms with van der Waals surface area (Å²) >= 11 is 0. The van der Waals surface area contributed by atoms with Gasteiger partial charge in [-0.15, -0.1) is 0 Å². The molecular weight excluding hydrogens is 390 g/mol. The molecule has 1 amide bonds. The average Bonchev–Trinajstić information content (AvgIpc) is 3.26. The van der Waals surface area contributed by atoms with Crippen LogP contribution < -0.4 is 4.90 Å². The maximum absolute atomic E-state index is 12.9. The molecule has 2 aromatic heterocycles. The lowest BCUT2D eigenvalue weighted by Gasteiger charge is -2.49. The zero-order valence-corrected chi connectivity index (χ0v) is 18.4. The van der Waals surface area contributed by atoms with Gasteiger partial charge >= 0.3 is 0 Å². The average molecular weight is 424 g/mol. The lowest BCUT2D eigenvalue weighted by atomic mass is 9.81. The van der Waals surface area contributed by atoms with E-state index in [1.807, 2.05) is 47.1 Å². The van der Waals surface area contributed by atoms with E-state index in [0.717, 1.165) is 83.1 Å². The predicted molar refractivity (Wildman–Crippen MR) is 120 cm³/mol. The second-order valence-corrected chi connectivity index (χ2v) is 9.19. The van der Waals surface area contributed by atoms with Gasteiger partial charge < -0.3 is 19.1 Å². The standard InChI is InChI=1S/C24H33N5O2/c1-26-11-4-5-21(26)23(30)29-12-8-24(9-13-29)19-20(7-18-31-24)27-14-16-28(17-15-27)22-6-2-3-10-25-22/h2-6,10-11,20H,7-9,12-19H2,1H3. The van der Waals surface area contributed by atoms with Gasteiger partial charge in [0.25, 0.3) is 5.91 Å². The zero-order valence-electron chi connectivity index (χ0n) is 18.4. The highest BCUT2D eigenvalue weighted by atomic mass is 16.5. The molecule has 1 unspecified atom stereocenters. The Kier molecular flexibility index (Phi) is 5.71. The van der Waals surface area contributed by atoms with Crippen LogP contribution in [0.2, 0.25) is 0 Å². The number of likely N-dealkylation sites (tertiary alicyclic amines) is 1. The van der Waals surface area contributed by atoms with Gasteiger partial charge in [-0.2, -0.15) is 0 Å². The first kappa shape index (κ1) is 20.5. The molecule has 0 radical (unpaired) electrons. The molecule has 3 saturated heterocycles. The number of carbonyl (C=O) groups is 1. The van der Waals surface area contributed by atoms with Crippen LogP contribution in [0.15, 0.2) is 42.7 Å². The van der Waals surface area contributed by atoms with Gasteiger partial charge in [0.15, 0.2) is 0 Å². The van der Waals surface area contributed by atoms with Crippen molar-refractivity contribution in [2.45, 2.75) is 37.3 Å². The number of pyridine rings is 1. The largest absolute Gasteiger partial charge is 0.375 e. The van der Waals surface area contributed by atoms with Gasteiger partial charge in [0, 0.05) is 71.4 Å². The van der Waals surface area contributed by atoms with Gasteiger partial charge in [0.2, 0.25) is 0 Å². The fourth-order valence-electron chi connectivity index (χ4n) is 5.48. The minimum atomic E-state index is -0.0635. The zero-order chi connectivity index (χ0) is 21.3. The molecular formula is C24H33N5O2. The molecule has 7 heteroatoms. The molecule has 2 aromatic rings. The molecule has 1 atom stereocenters. The number of piperidine rings is 1.